The monoisotopic (exact) mass is 335 g/mol. The van der Waals surface area contributed by atoms with Gasteiger partial charge in [-0.2, -0.15) is 4.98 Å². The predicted molar refractivity (Wildman–Crippen MR) is 97.1 cm³/mol. The molecule has 0 amide bonds. The highest BCUT2D eigenvalue weighted by Crippen LogP contribution is 2.28. The van der Waals surface area contributed by atoms with Crippen molar-refractivity contribution in [2.45, 2.75) is 71.6 Å². The first-order chi connectivity index (χ1) is 11.8. The molecule has 0 unspecified atom stereocenters. The second-order valence-corrected chi connectivity index (χ2v) is 6.67. The first-order valence-corrected chi connectivity index (χ1v) is 9.59. The summed E-state index contributed by atoms with van der Waals surface area (Å²) in [5, 5.41) is 10.5. The molecular weight excluding hydrogens is 302 g/mol. The van der Waals surface area contributed by atoms with Crippen LogP contribution < -0.4 is 10.6 Å². The lowest BCUT2D eigenvalue weighted by atomic mass is 10.0. The largest absolute Gasteiger partial charge is 0.357 e. The van der Waals surface area contributed by atoms with Gasteiger partial charge in [0.15, 0.2) is 11.8 Å². The molecule has 136 valence electrons. The number of aliphatic imine (C=N–C) groups is 1. The molecule has 1 saturated carbocycles. The maximum Gasteiger partial charge on any atom is 0.226 e. The number of rotatable bonds is 10. The molecule has 6 nitrogen and oxygen atoms in total. The summed E-state index contributed by atoms with van der Waals surface area (Å²) in [6.45, 7) is 6.58. The fraction of sp³-hybridized carbons (Fsp3) is 0.833. The van der Waals surface area contributed by atoms with Crippen molar-refractivity contribution in [3.8, 4) is 0 Å². The van der Waals surface area contributed by atoms with Crippen LogP contribution in [0, 0.1) is 12.8 Å². The molecule has 1 aromatic heterocycles. The van der Waals surface area contributed by atoms with Gasteiger partial charge in [-0.25, -0.2) is 0 Å². The summed E-state index contributed by atoms with van der Waals surface area (Å²) in [6.07, 6.45) is 11.5. The standard InChI is InChI=1S/C18H33N5O/c1-3-19-18(20-13-7-6-11-16-9-4-5-10-16)21-14-8-12-17-22-15(2)23-24-17/h16H,3-14H2,1-2H3,(H2,19,20,21). The van der Waals surface area contributed by atoms with Gasteiger partial charge in [-0.1, -0.05) is 43.7 Å². The Bertz CT molecular complexity index is 480. The highest BCUT2D eigenvalue weighted by molar-refractivity contribution is 5.79. The summed E-state index contributed by atoms with van der Waals surface area (Å²) in [4.78, 5) is 8.82. The van der Waals surface area contributed by atoms with E-state index in [4.69, 9.17) is 4.52 Å². The fourth-order valence-electron chi connectivity index (χ4n) is 3.27. The third kappa shape index (κ3) is 7.32. The third-order valence-corrected chi connectivity index (χ3v) is 4.54. The second kappa shape index (κ2) is 11.0. The van der Waals surface area contributed by atoms with Gasteiger partial charge in [0.25, 0.3) is 0 Å². The zero-order valence-corrected chi connectivity index (χ0v) is 15.3. The number of guanidine groups is 1. The number of nitrogens with one attached hydrogen (secondary N) is 2. The summed E-state index contributed by atoms with van der Waals surface area (Å²) in [5.41, 5.74) is 0. The number of unbranched alkanes of at least 4 members (excludes halogenated alkanes) is 1. The molecule has 2 N–H and O–H groups in total. The SMILES string of the molecule is CCNC(=NCCCc1nc(C)no1)NCCCCC1CCCC1. The lowest BCUT2D eigenvalue weighted by Crippen LogP contribution is -2.37. The number of hydrogen-bond acceptors (Lipinski definition) is 4. The zero-order chi connectivity index (χ0) is 17.0. The molecule has 0 spiro atoms. The van der Waals surface area contributed by atoms with Crippen LogP contribution in [-0.2, 0) is 6.42 Å². The summed E-state index contributed by atoms with van der Waals surface area (Å²) in [6, 6.07) is 0. The molecule has 1 aliphatic rings. The summed E-state index contributed by atoms with van der Waals surface area (Å²) < 4.78 is 5.11. The van der Waals surface area contributed by atoms with Gasteiger partial charge < -0.3 is 15.2 Å². The number of aryl methyl sites for hydroxylation is 2. The predicted octanol–water partition coefficient (Wildman–Crippen LogP) is 3.23. The Morgan fingerprint density at radius 3 is 2.75 bits per heavy atom. The molecule has 1 aromatic rings. The number of aromatic nitrogens is 2. The minimum Gasteiger partial charge on any atom is -0.357 e. The van der Waals surface area contributed by atoms with E-state index in [2.05, 4.69) is 32.7 Å². The van der Waals surface area contributed by atoms with Crippen molar-refractivity contribution in [2.24, 2.45) is 10.9 Å². The molecule has 0 radical (unpaired) electrons. The van der Waals surface area contributed by atoms with E-state index in [1.165, 1.54) is 44.9 Å². The first kappa shape index (κ1) is 18.7. The van der Waals surface area contributed by atoms with Gasteiger partial charge in [0.1, 0.15) is 0 Å². The Balaban J connectivity index is 1.57. The van der Waals surface area contributed by atoms with Crippen LogP contribution in [0.15, 0.2) is 9.52 Å². The minimum atomic E-state index is 0.695. The lowest BCUT2D eigenvalue weighted by Gasteiger charge is -2.12. The van der Waals surface area contributed by atoms with Crippen LogP contribution in [0.5, 0.6) is 0 Å². The van der Waals surface area contributed by atoms with E-state index in [-0.39, 0.29) is 0 Å². The lowest BCUT2D eigenvalue weighted by molar-refractivity contribution is 0.372. The van der Waals surface area contributed by atoms with Crippen LogP contribution in [0.4, 0.5) is 0 Å². The van der Waals surface area contributed by atoms with E-state index in [9.17, 15) is 0 Å². The summed E-state index contributed by atoms with van der Waals surface area (Å²) in [7, 11) is 0. The van der Waals surface area contributed by atoms with Crippen LogP contribution in [0.2, 0.25) is 0 Å². The van der Waals surface area contributed by atoms with E-state index in [0.717, 1.165) is 44.4 Å². The average molecular weight is 335 g/mol. The summed E-state index contributed by atoms with van der Waals surface area (Å²) in [5.74, 6) is 3.31. The van der Waals surface area contributed by atoms with Gasteiger partial charge in [0.2, 0.25) is 5.89 Å². The normalized spacial score (nSPS) is 15.8. The van der Waals surface area contributed by atoms with E-state index in [1.54, 1.807) is 0 Å². The number of hydrogen-bond donors (Lipinski definition) is 2. The molecule has 0 aromatic carbocycles. The molecule has 6 heteroatoms. The van der Waals surface area contributed by atoms with Gasteiger partial charge in [-0.05, 0) is 32.6 Å². The molecule has 0 bridgehead atoms. The minimum absolute atomic E-state index is 0.695. The highest BCUT2D eigenvalue weighted by Gasteiger charge is 2.13. The van der Waals surface area contributed by atoms with Crippen LogP contribution in [0.25, 0.3) is 0 Å². The molecule has 1 heterocycles. The van der Waals surface area contributed by atoms with Gasteiger partial charge >= 0.3 is 0 Å². The summed E-state index contributed by atoms with van der Waals surface area (Å²) >= 11 is 0. The van der Waals surface area contributed by atoms with Gasteiger partial charge in [-0.15, -0.1) is 0 Å². The van der Waals surface area contributed by atoms with Crippen molar-refractivity contribution >= 4 is 5.96 Å². The molecule has 1 aliphatic carbocycles. The third-order valence-electron chi connectivity index (χ3n) is 4.54. The molecule has 0 saturated heterocycles. The maximum atomic E-state index is 5.11. The number of nitrogens with zero attached hydrogens (tertiary/aromatic N) is 3. The van der Waals surface area contributed by atoms with Crippen molar-refractivity contribution < 1.29 is 4.52 Å². The molecular formula is C18H33N5O. The average Bonchev–Trinajstić information content (AvgIpc) is 3.22. The Labute approximate surface area is 145 Å². The molecule has 1 fully saturated rings. The second-order valence-electron chi connectivity index (χ2n) is 6.67. The fourth-order valence-corrected chi connectivity index (χ4v) is 3.27. The Morgan fingerprint density at radius 2 is 2.04 bits per heavy atom. The topological polar surface area (TPSA) is 75.3 Å². The van der Waals surface area contributed by atoms with Crippen molar-refractivity contribution in [3.05, 3.63) is 11.7 Å². The molecule has 2 rings (SSSR count). The quantitative estimate of drug-likeness (QED) is 0.390. The molecule has 24 heavy (non-hydrogen) atoms. The zero-order valence-electron chi connectivity index (χ0n) is 15.3. The van der Waals surface area contributed by atoms with Crippen molar-refractivity contribution in [1.82, 2.24) is 20.8 Å². The Morgan fingerprint density at radius 1 is 1.21 bits per heavy atom. The van der Waals surface area contributed by atoms with Crippen LogP contribution >= 0.6 is 0 Å². The maximum absolute atomic E-state index is 5.11. The van der Waals surface area contributed by atoms with E-state index >= 15 is 0 Å². The van der Waals surface area contributed by atoms with Crippen molar-refractivity contribution in [3.63, 3.8) is 0 Å². The highest BCUT2D eigenvalue weighted by atomic mass is 16.5. The Hall–Kier alpha value is -1.59. The van der Waals surface area contributed by atoms with Gasteiger partial charge in [-0.3, -0.25) is 4.99 Å². The van der Waals surface area contributed by atoms with Crippen LogP contribution in [0.1, 0.15) is 70.0 Å². The smallest absolute Gasteiger partial charge is 0.226 e. The van der Waals surface area contributed by atoms with Crippen LogP contribution in [-0.4, -0.2) is 35.7 Å². The van der Waals surface area contributed by atoms with Gasteiger partial charge in [0.05, 0.1) is 0 Å². The van der Waals surface area contributed by atoms with E-state index in [1.807, 2.05) is 6.92 Å². The first-order valence-electron chi connectivity index (χ1n) is 9.59. The van der Waals surface area contributed by atoms with Crippen LogP contribution in [0.3, 0.4) is 0 Å². The van der Waals surface area contributed by atoms with Crippen molar-refractivity contribution in [1.29, 1.82) is 0 Å². The molecule has 0 aliphatic heterocycles. The molecule has 0 atom stereocenters. The van der Waals surface area contributed by atoms with Crippen molar-refractivity contribution in [2.75, 3.05) is 19.6 Å². The Kier molecular flexibility index (Phi) is 8.63. The van der Waals surface area contributed by atoms with Gasteiger partial charge in [0, 0.05) is 26.1 Å². The van der Waals surface area contributed by atoms with E-state index < -0.39 is 0 Å². The van der Waals surface area contributed by atoms with E-state index in [0.29, 0.717) is 11.7 Å².